The Morgan fingerprint density at radius 3 is 2.08 bits per heavy atom. The van der Waals surface area contributed by atoms with Crippen LogP contribution >= 0.6 is 0 Å². The molecule has 10 atom stereocenters. The quantitative estimate of drug-likeness (QED) is 0.298. The summed E-state index contributed by atoms with van der Waals surface area (Å²) in [7, 11) is 0. The highest BCUT2D eigenvalue weighted by molar-refractivity contribution is 5.89. The third-order valence-corrected chi connectivity index (χ3v) is 15.8. The number of ether oxygens (including phenoxy) is 2. The van der Waals surface area contributed by atoms with E-state index in [-0.39, 0.29) is 51.0 Å². The molecule has 0 unspecified atom stereocenters. The maximum absolute atomic E-state index is 13.2. The minimum Gasteiger partial charge on any atom is -0.461 e. The molecule has 4 fully saturated rings. The SMILES string of the molecule is C[C@@H]1C(C#N)=CC[C@]2(COC(=O)c3ccccc3)CC[C@]3(C)[C@H](CC[C@@H]4[C@]5(C)CC[C@H](OC(=O)c6ccccc6)C(C)(C)[C@@H]5CC[C@@]43C)[C@@H]12. The lowest BCUT2D eigenvalue weighted by molar-refractivity contribution is -0.253. The predicted molar refractivity (Wildman–Crippen MR) is 191 cm³/mol. The molecule has 2 aromatic carbocycles. The van der Waals surface area contributed by atoms with E-state index in [9.17, 15) is 14.9 Å². The molecular weight excluding hydrogens is 606 g/mol. The average Bonchev–Trinajstić information content (AvgIpc) is 3.09. The lowest BCUT2D eigenvalue weighted by Gasteiger charge is -2.73. The van der Waals surface area contributed by atoms with E-state index in [1.54, 1.807) is 0 Å². The van der Waals surface area contributed by atoms with E-state index < -0.39 is 0 Å². The van der Waals surface area contributed by atoms with Crippen molar-refractivity contribution >= 4 is 11.9 Å². The van der Waals surface area contributed by atoms with E-state index in [4.69, 9.17) is 9.47 Å². The Kier molecular flexibility index (Phi) is 8.44. The van der Waals surface area contributed by atoms with E-state index in [2.05, 4.69) is 53.7 Å². The number of hydrogen-bond donors (Lipinski definition) is 0. The summed E-state index contributed by atoms with van der Waals surface area (Å²) >= 11 is 0. The van der Waals surface area contributed by atoms with Crippen molar-refractivity contribution in [3.05, 3.63) is 83.4 Å². The maximum atomic E-state index is 13.2. The number of fused-ring (bicyclic) bond motifs is 7. The van der Waals surface area contributed by atoms with Gasteiger partial charge in [-0.15, -0.1) is 0 Å². The summed E-state index contributed by atoms with van der Waals surface area (Å²) in [6, 6.07) is 21.3. The first-order valence-electron chi connectivity index (χ1n) is 18.9. The Bertz CT molecular complexity index is 1660. The Morgan fingerprint density at radius 2 is 1.43 bits per heavy atom. The topological polar surface area (TPSA) is 76.4 Å². The van der Waals surface area contributed by atoms with Crippen molar-refractivity contribution in [3.63, 3.8) is 0 Å². The van der Waals surface area contributed by atoms with Gasteiger partial charge in [-0.3, -0.25) is 0 Å². The van der Waals surface area contributed by atoms with Gasteiger partial charge in [0.15, 0.2) is 0 Å². The zero-order chi connectivity index (χ0) is 34.8. The molecule has 0 saturated heterocycles. The number of nitrogens with zero attached hydrogens (tertiary/aromatic N) is 1. The van der Waals surface area contributed by atoms with Crippen molar-refractivity contribution in [1.82, 2.24) is 0 Å². The van der Waals surface area contributed by atoms with Gasteiger partial charge in [0, 0.05) is 16.4 Å². The van der Waals surface area contributed by atoms with E-state index in [0.717, 1.165) is 50.5 Å². The van der Waals surface area contributed by atoms with Crippen LogP contribution in [0.3, 0.4) is 0 Å². The molecule has 0 heterocycles. The van der Waals surface area contributed by atoms with Crippen LogP contribution in [-0.2, 0) is 9.47 Å². The van der Waals surface area contributed by atoms with Gasteiger partial charge in [0.2, 0.25) is 0 Å². The number of rotatable bonds is 5. The van der Waals surface area contributed by atoms with E-state index >= 15 is 0 Å². The molecule has 0 N–H and O–H groups in total. The molecule has 5 aliphatic carbocycles. The van der Waals surface area contributed by atoms with Crippen LogP contribution in [-0.4, -0.2) is 24.6 Å². The molecule has 49 heavy (non-hydrogen) atoms. The Morgan fingerprint density at radius 1 is 0.776 bits per heavy atom. The molecule has 260 valence electrons. The molecule has 4 saturated carbocycles. The molecule has 0 amide bonds. The summed E-state index contributed by atoms with van der Waals surface area (Å²) in [6.07, 6.45) is 11.6. The highest BCUT2D eigenvalue weighted by Gasteiger charge is 2.70. The predicted octanol–water partition coefficient (Wildman–Crippen LogP) is 10.2. The normalized spacial score (nSPS) is 40.6. The molecule has 5 nitrogen and oxygen atoms in total. The third-order valence-electron chi connectivity index (χ3n) is 15.8. The minimum absolute atomic E-state index is 0.0947. The number of allylic oxidation sites excluding steroid dienone is 2. The minimum atomic E-state index is -0.251. The molecule has 5 heteroatoms. The molecule has 7 rings (SSSR count). The second-order valence-electron chi connectivity index (χ2n) is 17.9. The van der Waals surface area contributed by atoms with Crippen LogP contribution in [0.5, 0.6) is 0 Å². The van der Waals surface area contributed by atoms with Gasteiger partial charge in [0.1, 0.15) is 6.10 Å². The Hall–Kier alpha value is -3.39. The van der Waals surface area contributed by atoms with Crippen LogP contribution in [0.15, 0.2) is 72.3 Å². The summed E-state index contributed by atoms with van der Waals surface area (Å²) in [6.45, 7) is 15.2. The summed E-state index contributed by atoms with van der Waals surface area (Å²) in [5, 5.41) is 10.2. The van der Waals surface area contributed by atoms with Crippen molar-refractivity contribution in [2.45, 2.75) is 105 Å². The fourth-order valence-corrected chi connectivity index (χ4v) is 13.1. The highest BCUT2D eigenvalue weighted by atomic mass is 16.5. The first-order chi connectivity index (χ1) is 23.3. The van der Waals surface area contributed by atoms with Crippen LogP contribution < -0.4 is 0 Å². The molecule has 0 aliphatic heterocycles. The maximum Gasteiger partial charge on any atom is 0.338 e. The van der Waals surface area contributed by atoms with Crippen molar-refractivity contribution in [2.75, 3.05) is 6.61 Å². The van der Waals surface area contributed by atoms with Crippen LogP contribution in [0.25, 0.3) is 0 Å². The van der Waals surface area contributed by atoms with E-state index in [1.165, 1.54) is 12.8 Å². The number of benzene rings is 2. The van der Waals surface area contributed by atoms with Gasteiger partial charge < -0.3 is 9.47 Å². The second-order valence-corrected chi connectivity index (χ2v) is 17.9. The van der Waals surface area contributed by atoms with Gasteiger partial charge in [0.25, 0.3) is 0 Å². The average molecular weight is 662 g/mol. The van der Waals surface area contributed by atoms with Crippen molar-refractivity contribution < 1.29 is 19.1 Å². The van der Waals surface area contributed by atoms with Gasteiger partial charge in [-0.25, -0.2) is 9.59 Å². The first kappa shape index (κ1) is 34.1. The van der Waals surface area contributed by atoms with Crippen LogP contribution in [0, 0.1) is 68.0 Å². The lowest BCUT2D eigenvalue weighted by Crippen LogP contribution is -2.67. The number of carbonyl (C=O) groups is 2. The van der Waals surface area contributed by atoms with E-state index in [1.807, 2.05) is 60.7 Å². The van der Waals surface area contributed by atoms with Gasteiger partial charge in [0.05, 0.1) is 23.8 Å². The fourth-order valence-electron chi connectivity index (χ4n) is 13.1. The number of nitriles is 1. The first-order valence-corrected chi connectivity index (χ1v) is 18.9. The van der Waals surface area contributed by atoms with Gasteiger partial charge >= 0.3 is 11.9 Å². The monoisotopic (exact) mass is 661 g/mol. The number of esters is 2. The molecule has 0 spiro atoms. The number of hydrogen-bond acceptors (Lipinski definition) is 5. The summed E-state index contributed by atoms with van der Waals surface area (Å²) in [5.41, 5.74) is 2.30. The molecular formula is C44H55NO4. The van der Waals surface area contributed by atoms with Crippen LogP contribution in [0.2, 0.25) is 0 Å². The fraction of sp³-hybridized carbons (Fsp3) is 0.614. The Labute approximate surface area is 293 Å². The zero-order valence-electron chi connectivity index (χ0n) is 30.5. The lowest BCUT2D eigenvalue weighted by atomic mass is 9.31. The van der Waals surface area contributed by atoms with Crippen molar-refractivity contribution in [3.8, 4) is 6.07 Å². The largest absolute Gasteiger partial charge is 0.461 e. The molecule has 0 aromatic heterocycles. The smallest absolute Gasteiger partial charge is 0.338 e. The molecule has 0 radical (unpaired) electrons. The zero-order valence-corrected chi connectivity index (χ0v) is 30.5. The standard InChI is InChI=1S/C44H55NO4/c1-29-32(27-45)19-24-44(28-48-38(46)30-13-9-7-10-14-30)26-25-42(5)33(37(29)44)17-18-35-41(4)22-21-36(49-39(47)31-15-11-8-12-16-31)40(2,3)34(41)20-23-43(35,42)6/h7-16,19,29,33-37H,17-18,20-26,28H2,1-6H3/t29-,33-,34+,35-,36+,37-,41-,42-,43+,44-/m1/s1. The van der Waals surface area contributed by atoms with Crippen molar-refractivity contribution in [2.24, 2.45) is 56.7 Å². The van der Waals surface area contributed by atoms with Crippen LogP contribution in [0.1, 0.15) is 120 Å². The summed E-state index contributed by atoms with van der Waals surface area (Å²) in [5.74, 6) is 1.49. The van der Waals surface area contributed by atoms with Crippen molar-refractivity contribution in [1.29, 1.82) is 5.26 Å². The molecule has 2 aromatic rings. The van der Waals surface area contributed by atoms with E-state index in [0.29, 0.717) is 41.4 Å². The van der Waals surface area contributed by atoms with Crippen LogP contribution in [0.4, 0.5) is 0 Å². The summed E-state index contributed by atoms with van der Waals surface area (Å²) in [4.78, 5) is 26.4. The van der Waals surface area contributed by atoms with Gasteiger partial charge in [-0.2, -0.15) is 5.26 Å². The Balaban J connectivity index is 1.16. The number of carbonyl (C=O) groups excluding carboxylic acids is 2. The van der Waals surface area contributed by atoms with Gasteiger partial charge in [-0.05, 0) is 128 Å². The summed E-state index contributed by atoms with van der Waals surface area (Å²) < 4.78 is 12.5. The molecule has 0 bridgehead atoms. The second kappa shape index (κ2) is 12.1. The third kappa shape index (κ3) is 5.13. The van der Waals surface area contributed by atoms with Gasteiger partial charge in [-0.1, -0.05) is 84.0 Å². The highest BCUT2D eigenvalue weighted by Crippen LogP contribution is 2.77. The molecule has 5 aliphatic rings.